The molecular weight excluding hydrogens is 426 g/mol. The summed E-state index contributed by atoms with van der Waals surface area (Å²) in [5, 5.41) is 2.73. The van der Waals surface area contributed by atoms with E-state index in [-0.39, 0.29) is 24.9 Å². The fourth-order valence-electron chi connectivity index (χ4n) is 4.04. The fourth-order valence-corrected chi connectivity index (χ4v) is 4.04. The molecule has 0 aromatic heterocycles. The Balaban J connectivity index is 2.32. The van der Waals surface area contributed by atoms with Crippen molar-refractivity contribution in [3.05, 3.63) is 0 Å². The van der Waals surface area contributed by atoms with Gasteiger partial charge in [-0.3, -0.25) is 24.0 Å². The number of hydrogen-bond acceptors (Lipinski definition) is 10. The Labute approximate surface area is 186 Å². The summed E-state index contributed by atoms with van der Waals surface area (Å²) in [4.78, 5) is 59.3. The van der Waals surface area contributed by atoms with E-state index in [0.717, 1.165) is 46.5 Å². The molecule has 0 spiro atoms. The molecular formula is C21H31NO10. The van der Waals surface area contributed by atoms with E-state index in [2.05, 4.69) is 5.32 Å². The molecule has 5 atom stereocenters. The molecule has 1 amide bonds. The summed E-state index contributed by atoms with van der Waals surface area (Å²) in [7, 11) is 0. The van der Waals surface area contributed by atoms with E-state index in [4.69, 9.17) is 23.7 Å². The smallest absolute Gasteiger partial charge is 0.305 e. The maximum Gasteiger partial charge on any atom is 0.305 e. The predicted octanol–water partition coefficient (Wildman–Crippen LogP) is 0.766. The zero-order chi connectivity index (χ0) is 23.8. The first-order valence-corrected chi connectivity index (χ1v) is 10.7. The Morgan fingerprint density at radius 3 is 1.91 bits per heavy atom. The van der Waals surface area contributed by atoms with Crippen LogP contribution in [-0.4, -0.2) is 67.0 Å². The lowest BCUT2D eigenvalue weighted by molar-refractivity contribution is -0.271. The third-order valence-electron chi connectivity index (χ3n) is 5.26. The zero-order valence-electron chi connectivity index (χ0n) is 18.8. The second-order valence-electron chi connectivity index (χ2n) is 8.05. The molecule has 2 rings (SSSR count). The van der Waals surface area contributed by atoms with Gasteiger partial charge in [0, 0.05) is 34.1 Å². The number of nitrogens with one attached hydrogen (secondary N) is 1. The molecule has 180 valence electrons. The Hall–Kier alpha value is -2.69. The van der Waals surface area contributed by atoms with Crippen LogP contribution in [0.1, 0.15) is 59.8 Å². The molecule has 1 saturated heterocycles. The molecule has 0 radical (unpaired) electrons. The Kier molecular flexibility index (Phi) is 9.42. The second kappa shape index (κ2) is 11.8. The van der Waals surface area contributed by atoms with Gasteiger partial charge in [-0.15, -0.1) is 0 Å². The molecule has 2 unspecified atom stereocenters. The molecule has 2 aliphatic rings. The summed E-state index contributed by atoms with van der Waals surface area (Å²) in [6, 6.07) is -1.14. The highest BCUT2D eigenvalue weighted by Gasteiger charge is 2.52. The van der Waals surface area contributed by atoms with Gasteiger partial charge in [0.1, 0.15) is 18.8 Å². The van der Waals surface area contributed by atoms with Crippen molar-refractivity contribution in [2.24, 2.45) is 5.92 Å². The van der Waals surface area contributed by atoms with Crippen LogP contribution in [0.4, 0.5) is 0 Å². The molecule has 11 heteroatoms. The van der Waals surface area contributed by atoms with Gasteiger partial charge in [-0.1, -0.05) is 12.8 Å². The molecule has 11 nitrogen and oxygen atoms in total. The van der Waals surface area contributed by atoms with E-state index in [9.17, 15) is 24.0 Å². The van der Waals surface area contributed by atoms with Crippen LogP contribution in [0.25, 0.3) is 0 Å². The monoisotopic (exact) mass is 457 g/mol. The van der Waals surface area contributed by atoms with Gasteiger partial charge in [0.2, 0.25) is 12.2 Å². The van der Waals surface area contributed by atoms with Gasteiger partial charge in [0.25, 0.3) is 0 Å². The Bertz CT molecular complexity index is 717. The third kappa shape index (κ3) is 7.77. The minimum Gasteiger partial charge on any atom is -0.463 e. The first-order valence-electron chi connectivity index (χ1n) is 10.7. The van der Waals surface area contributed by atoms with Gasteiger partial charge in [-0.05, 0) is 18.8 Å². The summed E-state index contributed by atoms with van der Waals surface area (Å²) >= 11 is 0. The summed E-state index contributed by atoms with van der Waals surface area (Å²) < 4.78 is 26.7. The van der Waals surface area contributed by atoms with Gasteiger partial charge in [0.15, 0.2) is 12.2 Å². The third-order valence-corrected chi connectivity index (χ3v) is 5.26. The van der Waals surface area contributed by atoms with Gasteiger partial charge in [0.05, 0.1) is 0 Å². The lowest BCUT2D eigenvalue weighted by Gasteiger charge is -2.44. The standard InChI is InChI=1S/C21H31NO10/c1-11(23)28-10-16-19(29-12(2)24)20(30-13(3)25)18(21(32-16)31-14(4)26)22-17(27)9-15-7-5-6-8-15/h15-16,18-21H,5-10H2,1-4H3,(H,22,27)/t16?,18-,19+,20?,21-/m1/s1. The first-order chi connectivity index (χ1) is 15.1. The lowest BCUT2D eigenvalue weighted by Crippen LogP contribution is -2.67. The normalized spacial score (nSPS) is 27.8. The van der Waals surface area contributed by atoms with Crippen LogP contribution in [0.2, 0.25) is 0 Å². The molecule has 0 aromatic carbocycles. The van der Waals surface area contributed by atoms with E-state index in [0.29, 0.717) is 0 Å². The molecule has 32 heavy (non-hydrogen) atoms. The summed E-state index contributed by atoms with van der Waals surface area (Å²) in [5.41, 5.74) is 0. The van der Waals surface area contributed by atoms with Crippen LogP contribution in [0.5, 0.6) is 0 Å². The zero-order valence-corrected chi connectivity index (χ0v) is 18.8. The minimum absolute atomic E-state index is 0.236. The molecule has 1 aliphatic carbocycles. The SMILES string of the molecule is CC(=O)OCC1O[C@@H](OC(C)=O)[C@H](NC(=O)CC2CCCC2)C(OC(C)=O)[C@H]1OC(C)=O. The van der Waals surface area contributed by atoms with Crippen LogP contribution < -0.4 is 5.32 Å². The van der Waals surface area contributed by atoms with E-state index < -0.39 is 54.5 Å². The van der Waals surface area contributed by atoms with Crippen molar-refractivity contribution in [3.63, 3.8) is 0 Å². The molecule has 1 aliphatic heterocycles. The highest BCUT2D eigenvalue weighted by Crippen LogP contribution is 2.30. The number of ether oxygens (including phenoxy) is 5. The average Bonchev–Trinajstić information content (AvgIpc) is 3.16. The number of carbonyl (C=O) groups is 5. The minimum atomic E-state index is -1.36. The average molecular weight is 457 g/mol. The number of amides is 1. The first kappa shape index (κ1) is 25.6. The summed E-state index contributed by atoms with van der Waals surface area (Å²) in [6.07, 6.45) is -0.693. The second-order valence-corrected chi connectivity index (χ2v) is 8.05. The van der Waals surface area contributed by atoms with E-state index in [1.165, 1.54) is 6.92 Å². The van der Waals surface area contributed by atoms with Crippen LogP contribution in [0.15, 0.2) is 0 Å². The highest BCUT2D eigenvalue weighted by atomic mass is 16.7. The van der Waals surface area contributed by atoms with Crippen LogP contribution >= 0.6 is 0 Å². The molecule has 1 saturated carbocycles. The van der Waals surface area contributed by atoms with Crippen molar-refractivity contribution in [2.75, 3.05) is 6.61 Å². The van der Waals surface area contributed by atoms with E-state index >= 15 is 0 Å². The topological polar surface area (TPSA) is 144 Å². The van der Waals surface area contributed by atoms with Crippen LogP contribution in [0.3, 0.4) is 0 Å². The van der Waals surface area contributed by atoms with Crippen LogP contribution in [-0.2, 0) is 47.7 Å². The van der Waals surface area contributed by atoms with Crippen molar-refractivity contribution in [1.29, 1.82) is 0 Å². The predicted molar refractivity (Wildman–Crippen MR) is 107 cm³/mol. The number of rotatable bonds is 8. The van der Waals surface area contributed by atoms with Gasteiger partial charge < -0.3 is 29.0 Å². The molecule has 1 heterocycles. The fraction of sp³-hybridized carbons (Fsp3) is 0.762. The molecule has 1 N–H and O–H groups in total. The van der Waals surface area contributed by atoms with Crippen molar-refractivity contribution >= 4 is 29.8 Å². The molecule has 0 bridgehead atoms. The quantitative estimate of drug-likeness (QED) is 0.410. The largest absolute Gasteiger partial charge is 0.463 e. The Morgan fingerprint density at radius 1 is 0.812 bits per heavy atom. The maximum absolute atomic E-state index is 12.7. The van der Waals surface area contributed by atoms with E-state index in [1.807, 2.05) is 0 Å². The highest BCUT2D eigenvalue weighted by molar-refractivity contribution is 5.77. The maximum atomic E-state index is 12.7. The van der Waals surface area contributed by atoms with Crippen molar-refractivity contribution < 1.29 is 47.7 Å². The van der Waals surface area contributed by atoms with Gasteiger partial charge in [-0.25, -0.2) is 0 Å². The van der Waals surface area contributed by atoms with Crippen molar-refractivity contribution in [2.45, 2.75) is 90.4 Å². The molecule has 2 fully saturated rings. The molecule has 0 aromatic rings. The van der Waals surface area contributed by atoms with Crippen LogP contribution in [0, 0.1) is 5.92 Å². The van der Waals surface area contributed by atoms with Gasteiger partial charge in [-0.2, -0.15) is 0 Å². The number of esters is 4. The van der Waals surface area contributed by atoms with Crippen molar-refractivity contribution in [3.8, 4) is 0 Å². The Morgan fingerprint density at radius 2 is 1.38 bits per heavy atom. The summed E-state index contributed by atoms with van der Waals surface area (Å²) in [5.74, 6) is -2.83. The van der Waals surface area contributed by atoms with Crippen molar-refractivity contribution in [1.82, 2.24) is 5.32 Å². The van der Waals surface area contributed by atoms with E-state index in [1.54, 1.807) is 0 Å². The summed E-state index contributed by atoms with van der Waals surface area (Å²) in [6.45, 7) is 4.29. The number of carbonyl (C=O) groups excluding carboxylic acids is 5. The van der Waals surface area contributed by atoms with Gasteiger partial charge >= 0.3 is 23.9 Å². The number of hydrogen-bond donors (Lipinski definition) is 1. The lowest BCUT2D eigenvalue weighted by atomic mass is 9.95.